The standard InChI is InChI=1S/C14H20FNOS/c15-12-5-1-2-6-13(12)18-9-7-11-4-3-8-14(11,17)10-16/h1-2,5-6,11,17H,3-4,7-10,16H2. The quantitative estimate of drug-likeness (QED) is 0.808. The summed E-state index contributed by atoms with van der Waals surface area (Å²) in [5, 5.41) is 10.3. The van der Waals surface area contributed by atoms with Gasteiger partial charge < -0.3 is 10.8 Å². The average molecular weight is 269 g/mol. The van der Waals surface area contributed by atoms with E-state index < -0.39 is 5.60 Å². The van der Waals surface area contributed by atoms with E-state index in [1.807, 2.05) is 6.07 Å². The van der Waals surface area contributed by atoms with Gasteiger partial charge in [-0.1, -0.05) is 18.6 Å². The largest absolute Gasteiger partial charge is 0.388 e. The molecule has 0 bridgehead atoms. The highest BCUT2D eigenvalue weighted by atomic mass is 32.2. The number of aliphatic hydroxyl groups is 1. The summed E-state index contributed by atoms with van der Waals surface area (Å²) in [5.41, 5.74) is 4.96. The molecule has 3 N–H and O–H groups in total. The van der Waals surface area contributed by atoms with E-state index in [1.165, 1.54) is 17.8 Å². The van der Waals surface area contributed by atoms with Gasteiger partial charge in [0.25, 0.3) is 0 Å². The molecule has 0 spiro atoms. The summed E-state index contributed by atoms with van der Waals surface area (Å²) in [4.78, 5) is 0.687. The van der Waals surface area contributed by atoms with Gasteiger partial charge in [-0.15, -0.1) is 11.8 Å². The Morgan fingerprint density at radius 3 is 2.94 bits per heavy atom. The Hall–Kier alpha value is -0.580. The Bertz CT molecular complexity index is 401. The monoisotopic (exact) mass is 269 g/mol. The molecule has 1 fully saturated rings. The van der Waals surface area contributed by atoms with E-state index in [1.54, 1.807) is 12.1 Å². The van der Waals surface area contributed by atoms with Crippen molar-refractivity contribution in [3.63, 3.8) is 0 Å². The molecule has 1 aliphatic carbocycles. The number of hydrogen-bond donors (Lipinski definition) is 2. The summed E-state index contributed by atoms with van der Waals surface area (Å²) >= 11 is 1.52. The summed E-state index contributed by atoms with van der Waals surface area (Å²) in [6.45, 7) is 0.335. The molecular formula is C14H20FNOS. The van der Waals surface area contributed by atoms with Crippen molar-refractivity contribution in [2.45, 2.75) is 36.2 Å². The Morgan fingerprint density at radius 1 is 1.44 bits per heavy atom. The van der Waals surface area contributed by atoms with E-state index in [4.69, 9.17) is 5.73 Å². The molecule has 0 aromatic heterocycles. The minimum atomic E-state index is -0.685. The zero-order valence-electron chi connectivity index (χ0n) is 10.4. The van der Waals surface area contributed by atoms with Crippen LogP contribution in [0.15, 0.2) is 29.2 Å². The van der Waals surface area contributed by atoms with Gasteiger partial charge in [0, 0.05) is 11.4 Å². The van der Waals surface area contributed by atoms with E-state index >= 15 is 0 Å². The van der Waals surface area contributed by atoms with Crippen molar-refractivity contribution in [3.05, 3.63) is 30.1 Å². The fourth-order valence-corrected chi connectivity index (χ4v) is 3.69. The lowest BCUT2D eigenvalue weighted by Gasteiger charge is -2.28. The molecule has 100 valence electrons. The van der Waals surface area contributed by atoms with Crippen molar-refractivity contribution in [1.82, 2.24) is 0 Å². The van der Waals surface area contributed by atoms with E-state index in [9.17, 15) is 9.50 Å². The molecule has 0 heterocycles. The van der Waals surface area contributed by atoms with Crippen LogP contribution >= 0.6 is 11.8 Å². The molecule has 0 radical (unpaired) electrons. The normalized spacial score (nSPS) is 27.6. The fourth-order valence-electron chi connectivity index (χ4n) is 2.68. The zero-order chi connectivity index (χ0) is 13.0. The maximum absolute atomic E-state index is 13.4. The lowest BCUT2D eigenvalue weighted by atomic mass is 9.89. The van der Waals surface area contributed by atoms with Crippen molar-refractivity contribution in [1.29, 1.82) is 0 Å². The molecular weight excluding hydrogens is 249 g/mol. The van der Waals surface area contributed by atoms with Crippen LogP contribution in [-0.4, -0.2) is 23.0 Å². The first kappa shape index (κ1) is 13.8. The molecule has 2 rings (SSSR count). The molecule has 2 nitrogen and oxygen atoms in total. The summed E-state index contributed by atoms with van der Waals surface area (Å²) in [6.07, 6.45) is 3.78. The highest BCUT2D eigenvalue weighted by Crippen LogP contribution is 2.38. The summed E-state index contributed by atoms with van der Waals surface area (Å²) in [5.74, 6) is 0.929. The van der Waals surface area contributed by atoms with Crippen LogP contribution in [0.1, 0.15) is 25.7 Å². The number of rotatable bonds is 5. The predicted molar refractivity (Wildman–Crippen MR) is 73.1 cm³/mol. The molecule has 0 amide bonds. The summed E-state index contributed by atoms with van der Waals surface area (Å²) in [6, 6.07) is 6.82. The third kappa shape index (κ3) is 3.05. The summed E-state index contributed by atoms with van der Waals surface area (Å²) < 4.78 is 13.4. The van der Waals surface area contributed by atoms with Gasteiger partial charge in [0.15, 0.2) is 0 Å². The Balaban J connectivity index is 1.84. The fraction of sp³-hybridized carbons (Fsp3) is 0.571. The Morgan fingerprint density at radius 2 is 2.22 bits per heavy atom. The molecule has 0 aliphatic heterocycles. The van der Waals surface area contributed by atoms with Crippen LogP contribution in [-0.2, 0) is 0 Å². The maximum Gasteiger partial charge on any atom is 0.136 e. The van der Waals surface area contributed by atoms with Crippen molar-refractivity contribution in [2.75, 3.05) is 12.3 Å². The zero-order valence-corrected chi connectivity index (χ0v) is 11.3. The molecule has 2 unspecified atom stereocenters. The van der Waals surface area contributed by atoms with Gasteiger partial charge >= 0.3 is 0 Å². The lowest BCUT2D eigenvalue weighted by Crippen LogP contribution is -2.41. The van der Waals surface area contributed by atoms with Gasteiger partial charge in [-0.25, -0.2) is 4.39 Å². The SMILES string of the molecule is NCC1(O)CCCC1CCSc1ccccc1F. The topological polar surface area (TPSA) is 46.2 Å². The van der Waals surface area contributed by atoms with E-state index in [-0.39, 0.29) is 11.7 Å². The third-order valence-corrected chi connectivity index (χ3v) is 4.92. The first-order chi connectivity index (χ1) is 8.65. The van der Waals surface area contributed by atoms with Gasteiger partial charge in [-0.2, -0.15) is 0 Å². The molecule has 4 heteroatoms. The minimum Gasteiger partial charge on any atom is -0.388 e. The average Bonchev–Trinajstić information content (AvgIpc) is 2.74. The Labute approximate surface area is 112 Å². The van der Waals surface area contributed by atoms with Crippen molar-refractivity contribution < 1.29 is 9.50 Å². The van der Waals surface area contributed by atoms with Gasteiger partial charge in [0.05, 0.1) is 5.60 Å². The lowest BCUT2D eigenvalue weighted by molar-refractivity contribution is 0.0104. The van der Waals surface area contributed by atoms with E-state index in [0.29, 0.717) is 11.4 Å². The van der Waals surface area contributed by atoms with E-state index in [2.05, 4.69) is 0 Å². The highest BCUT2D eigenvalue weighted by Gasteiger charge is 2.39. The molecule has 2 atom stereocenters. The second-order valence-electron chi connectivity index (χ2n) is 4.96. The number of benzene rings is 1. The number of nitrogens with two attached hydrogens (primary N) is 1. The van der Waals surface area contributed by atoms with Crippen molar-refractivity contribution in [2.24, 2.45) is 11.7 Å². The number of thioether (sulfide) groups is 1. The second-order valence-corrected chi connectivity index (χ2v) is 6.10. The molecule has 1 aromatic carbocycles. The van der Waals surface area contributed by atoms with Gasteiger partial charge in [-0.05, 0) is 43.1 Å². The van der Waals surface area contributed by atoms with Crippen molar-refractivity contribution in [3.8, 4) is 0 Å². The van der Waals surface area contributed by atoms with Crippen LogP contribution in [0.3, 0.4) is 0 Å². The summed E-state index contributed by atoms with van der Waals surface area (Å²) in [7, 11) is 0. The number of halogens is 1. The van der Waals surface area contributed by atoms with Crippen LogP contribution in [0.2, 0.25) is 0 Å². The Kier molecular flexibility index (Phi) is 4.65. The minimum absolute atomic E-state index is 0.164. The van der Waals surface area contributed by atoms with Crippen LogP contribution in [0, 0.1) is 11.7 Å². The second kappa shape index (κ2) is 6.04. The highest BCUT2D eigenvalue weighted by molar-refractivity contribution is 7.99. The predicted octanol–water partition coefficient (Wildman–Crippen LogP) is 2.80. The van der Waals surface area contributed by atoms with Gasteiger partial charge in [-0.3, -0.25) is 0 Å². The third-order valence-electron chi connectivity index (χ3n) is 3.84. The van der Waals surface area contributed by atoms with Gasteiger partial charge in [0.1, 0.15) is 5.82 Å². The van der Waals surface area contributed by atoms with Crippen LogP contribution in [0.5, 0.6) is 0 Å². The van der Waals surface area contributed by atoms with Crippen molar-refractivity contribution >= 4 is 11.8 Å². The molecule has 1 aromatic rings. The van der Waals surface area contributed by atoms with Gasteiger partial charge in [0.2, 0.25) is 0 Å². The molecule has 1 aliphatic rings. The van der Waals surface area contributed by atoms with E-state index in [0.717, 1.165) is 31.4 Å². The number of hydrogen-bond acceptors (Lipinski definition) is 3. The van der Waals surface area contributed by atoms with Crippen LogP contribution in [0.25, 0.3) is 0 Å². The maximum atomic E-state index is 13.4. The van der Waals surface area contributed by atoms with Crippen LogP contribution in [0.4, 0.5) is 4.39 Å². The smallest absolute Gasteiger partial charge is 0.136 e. The molecule has 18 heavy (non-hydrogen) atoms. The first-order valence-corrected chi connectivity index (χ1v) is 7.44. The molecule has 1 saturated carbocycles. The molecule has 0 saturated heterocycles. The van der Waals surface area contributed by atoms with Crippen LogP contribution < -0.4 is 5.73 Å². The first-order valence-electron chi connectivity index (χ1n) is 6.45.